The molecule has 0 unspecified atom stereocenters. The number of guanidine groups is 1. The molecular formula is C12H20BrIN6O. The molecule has 0 atom stereocenters. The second-order valence-corrected chi connectivity index (χ2v) is 5.19. The van der Waals surface area contributed by atoms with Crippen molar-refractivity contribution in [3.63, 3.8) is 0 Å². The Morgan fingerprint density at radius 3 is 2.67 bits per heavy atom. The molecule has 1 aromatic heterocycles. The monoisotopic (exact) mass is 470 g/mol. The first-order chi connectivity index (χ1) is 9.65. The minimum atomic E-state index is 0. The van der Waals surface area contributed by atoms with E-state index < -0.39 is 0 Å². The second kappa shape index (κ2) is 8.57. The van der Waals surface area contributed by atoms with E-state index in [9.17, 15) is 0 Å². The van der Waals surface area contributed by atoms with Crippen LogP contribution >= 0.6 is 39.9 Å². The molecule has 1 fully saturated rings. The van der Waals surface area contributed by atoms with Gasteiger partial charge in [0, 0.05) is 32.7 Å². The van der Waals surface area contributed by atoms with Crippen LogP contribution in [0, 0.1) is 0 Å². The summed E-state index contributed by atoms with van der Waals surface area (Å²) in [4.78, 5) is 17.1. The third-order valence-electron chi connectivity index (χ3n) is 3.10. The van der Waals surface area contributed by atoms with Crippen LogP contribution in [-0.2, 0) is 0 Å². The Kier molecular flexibility index (Phi) is 7.43. The van der Waals surface area contributed by atoms with Crippen LogP contribution in [-0.4, -0.2) is 60.7 Å². The zero-order valence-electron chi connectivity index (χ0n) is 12.1. The quantitative estimate of drug-likeness (QED) is 0.407. The van der Waals surface area contributed by atoms with Crippen molar-refractivity contribution < 1.29 is 4.74 Å². The lowest BCUT2D eigenvalue weighted by Gasteiger charge is -2.35. The van der Waals surface area contributed by atoms with Crippen molar-refractivity contribution in [3.8, 4) is 5.88 Å². The van der Waals surface area contributed by atoms with E-state index in [1.165, 1.54) is 0 Å². The third-order valence-corrected chi connectivity index (χ3v) is 3.64. The van der Waals surface area contributed by atoms with Gasteiger partial charge in [-0.05, 0) is 22.9 Å². The maximum Gasteiger partial charge on any atom is 0.232 e. The largest absolute Gasteiger partial charge is 0.480 e. The molecule has 0 bridgehead atoms. The normalized spacial score (nSPS) is 15.7. The number of halogens is 2. The molecule has 0 aromatic carbocycles. The fourth-order valence-electron chi connectivity index (χ4n) is 2.04. The molecule has 1 aromatic rings. The van der Waals surface area contributed by atoms with Crippen molar-refractivity contribution in [2.24, 2.45) is 10.7 Å². The van der Waals surface area contributed by atoms with Gasteiger partial charge in [0.2, 0.25) is 11.8 Å². The van der Waals surface area contributed by atoms with Crippen LogP contribution in [0.4, 0.5) is 5.95 Å². The predicted octanol–water partition coefficient (Wildman–Crippen LogP) is 1.32. The van der Waals surface area contributed by atoms with Crippen LogP contribution in [0.5, 0.6) is 5.88 Å². The fourth-order valence-corrected chi connectivity index (χ4v) is 2.39. The van der Waals surface area contributed by atoms with Crippen LogP contribution < -0.4 is 15.4 Å². The summed E-state index contributed by atoms with van der Waals surface area (Å²) in [6.45, 7) is 5.94. The summed E-state index contributed by atoms with van der Waals surface area (Å²) in [5.41, 5.74) is 5.91. The number of aromatic nitrogens is 2. The Hall–Kier alpha value is -0.840. The summed E-state index contributed by atoms with van der Waals surface area (Å²) in [5.74, 6) is 1.83. The van der Waals surface area contributed by atoms with Crippen LogP contribution in [0.15, 0.2) is 15.7 Å². The highest BCUT2D eigenvalue weighted by molar-refractivity contribution is 14.0. The van der Waals surface area contributed by atoms with E-state index in [2.05, 4.69) is 40.7 Å². The van der Waals surface area contributed by atoms with Gasteiger partial charge in [-0.1, -0.05) is 0 Å². The van der Waals surface area contributed by atoms with Gasteiger partial charge in [-0.25, -0.2) is 4.98 Å². The van der Waals surface area contributed by atoms with E-state index in [-0.39, 0.29) is 24.0 Å². The first-order valence-electron chi connectivity index (χ1n) is 6.52. The van der Waals surface area contributed by atoms with E-state index in [4.69, 9.17) is 10.5 Å². The lowest BCUT2D eigenvalue weighted by atomic mass is 10.3. The maximum atomic E-state index is 5.91. The number of hydrogen-bond donors (Lipinski definition) is 1. The Balaban J connectivity index is 0.00000220. The number of piperazine rings is 1. The van der Waals surface area contributed by atoms with Gasteiger partial charge >= 0.3 is 0 Å². The number of anilines is 1. The Morgan fingerprint density at radius 2 is 2.10 bits per heavy atom. The van der Waals surface area contributed by atoms with Gasteiger partial charge in [-0.2, -0.15) is 4.98 Å². The van der Waals surface area contributed by atoms with Crippen LogP contribution in [0.25, 0.3) is 0 Å². The van der Waals surface area contributed by atoms with Crippen molar-refractivity contribution >= 4 is 51.8 Å². The van der Waals surface area contributed by atoms with Crippen molar-refractivity contribution in [1.29, 1.82) is 0 Å². The molecule has 0 aliphatic carbocycles. The molecule has 0 spiro atoms. The topological polar surface area (TPSA) is 79.9 Å². The molecule has 1 aliphatic rings. The van der Waals surface area contributed by atoms with Gasteiger partial charge in [-0.15, -0.1) is 24.0 Å². The molecule has 1 aliphatic heterocycles. The molecule has 0 saturated carbocycles. The average Bonchev–Trinajstić information content (AvgIpc) is 2.48. The molecule has 118 valence electrons. The van der Waals surface area contributed by atoms with E-state index in [0.717, 1.165) is 30.7 Å². The standard InChI is InChI=1S/C12H19BrN6O.HI/c1-3-15-11(14)18-4-6-19(7-5-18)12-16-8-9(13)10(17-12)20-2;/h8H,3-7H2,1-2H3,(H2,14,15);1H. The summed E-state index contributed by atoms with van der Waals surface area (Å²) in [7, 11) is 1.59. The first kappa shape index (κ1) is 18.2. The Labute approximate surface area is 150 Å². The summed E-state index contributed by atoms with van der Waals surface area (Å²) in [6, 6.07) is 0. The summed E-state index contributed by atoms with van der Waals surface area (Å²) in [5, 5.41) is 0. The number of aliphatic imine (C=N–C) groups is 1. The van der Waals surface area contributed by atoms with Gasteiger partial charge in [0.15, 0.2) is 5.96 Å². The minimum Gasteiger partial charge on any atom is -0.480 e. The number of hydrogen-bond acceptors (Lipinski definition) is 5. The third kappa shape index (κ3) is 4.56. The highest BCUT2D eigenvalue weighted by Crippen LogP contribution is 2.23. The molecule has 2 N–H and O–H groups in total. The molecular weight excluding hydrogens is 451 g/mol. The smallest absolute Gasteiger partial charge is 0.232 e. The van der Waals surface area contributed by atoms with Gasteiger partial charge in [0.1, 0.15) is 0 Å². The second-order valence-electron chi connectivity index (χ2n) is 4.33. The molecule has 0 amide bonds. The van der Waals surface area contributed by atoms with E-state index in [1.54, 1.807) is 13.3 Å². The van der Waals surface area contributed by atoms with Crippen molar-refractivity contribution in [2.75, 3.05) is 44.7 Å². The minimum absolute atomic E-state index is 0. The molecule has 2 heterocycles. The predicted molar refractivity (Wildman–Crippen MR) is 97.6 cm³/mol. The highest BCUT2D eigenvalue weighted by Gasteiger charge is 2.20. The molecule has 1 saturated heterocycles. The number of ether oxygens (including phenoxy) is 1. The molecule has 9 heteroatoms. The van der Waals surface area contributed by atoms with Crippen LogP contribution in [0.3, 0.4) is 0 Å². The molecule has 0 radical (unpaired) electrons. The van der Waals surface area contributed by atoms with Gasteiger partial charge in [0.05, 0.1) is 17.8 Å². The number of nitrogens with zero attached hydrogens (tertiary/aromatic N) is 5. The molecule has 21 heavy (non-hydrogen) atoms. The van der Waals surface area contributed by atoms with E-state index in [1.807, 2.05) is 6.92 Å². The summed E-state index contributed by atoms with van der Waals surface area (Å²) in [6.07, 6.45) is 1.71. The van der Waals surface area contributed by atoms with Crippen molar-refractivity contribution in [3.05, 3.63) is 10.7 Å². The van der Waals surface area contributed by atoms with Crippen molar-refractivity contribution in [1.82, 2.24) is 14.9 Å². The highest BCUT2D eigenvalue weighted by atomic mass is 127. The number of methoxy groups -OCH3 is 1. The van der Waals surface area contributed by atoms with Crippen LogP contribution in [0.2, 0.25) is 0 Å². The zero-order valence-corrected chi connectivity index (χ0v) is 16.0. The average molecular weight is 471 g/mol. The Bertz CT molecular complexity index is 493. The lowest BCUT2D eigenvalue weighted by Crippen LogP contribution is -2.51. The van der Waals surface area contributed by atoms with Gasteiger partial charge in [-0.3, -0.25) is 4.99 Å². The SMILES string of the molecule is CCN=C(N)N1CCN(c2ncc(Br)c(OC)n2)CC1.I. The van der Waals surface area contributed by atoms with Crippen molar-refractivity contribution in [2.45, 2.75) is 6.92 Å². The number of nitrogens with two attached hydrogens (primary N) is 1. The Morgan fingerprint density at radius 1 is 1.43 bits per heavy atom. The summed E-state index contributed by atoms with van der Waals surface area (Å²) >= 11 is 3.35. The van der Waals surface area contributed by atoms with Crippen LogP contribution in [0.1, 0.15) is 6.92 Å². The van der Waals surface area contributed by atoms with E-state index >= 15 is 0 Å². The fraction of sp³-hybridized carbons (Fsp3) is 0.583. The number of rotatable bonds is 3. The molecule has 2 rings (SSSR count). The van der Waals surface area contributed by atoms with Gasteiger partial charge < -0.3 is 20.3 Å². The maximum absolute atomic E-state index is 5.91. The summed E-state index contributed by atoms with van der Waals surface area (Å²) < 4.78 is 5.95. The first-order valence-corrected chi connectivity index (χ1v) is 7.31. The zero-order chi connectivity index (χ0) is 14.5. The molecule has 7 nitrogen and oxygen atoms in total. The van der Waals surface area contributed by atoms with E-state index in [0.29, 0.717) is 24.3 Å². The lowest BCUT2D eigenvalue weighted by molar-refractivity contribution is 0.373. The van der Waals surface area contributed by atoms with Gasteiger partial charge in [0.25, 0.3) is 0 Å².